The molecule has 0 aliphatic carbocycles. The maximum atomic E-state index is 11.1. The molecule has 1 aromatic carbocycles. The molecule has 14 heavy (non-hydrogen) atoms. The lowest BCUT2D eigenvalue weighted by atomic mass is 10.1. The highest BCUT2D eigenvalue weighted by atomic mass is 35.5. The molecule has 1 rings (SSSR count). The lowest BCUT2D eigenvalue weighted by Gasteiger charge is -1.99. The summed E-state index contributed by atoms with van der Waals surface area (Å²) < 4.78 is 0. The minimum Gasteiger partial charge on any atom is -0.295 e. The third kappa shape index (κ3) is 3.95. The van der Waals surface area contributed by atoms with Gasteiger partial charge in [0.1, 0.15) is 0 Å². The first-order valence-electron chi connectivity index (χ1n) is 4.26. The molecule has 74 valence electrons. The number of hydrogen-bond donors (Lipinski definition) is 0. The van der Waals surface area contributed by atoms with Crippen molar-refractivity contribution in [2.24, 2.45) is 0 Å². The van der Waals surface area contributed by atoms with Gasteiger partial charge in [-0.2, -0.15) is 0 Å². The van der Waals surface area contributed by atoms with E-state index in [1.165, 1.54) is 11.6 Å². The molecule has 0 amide bonds. The molecule has 0 aromatic heterocycles. The van der Waals surface area contributed by atoms with Gasteiger partial charge in [-0.25, -0.2) is 0 Å². The summed E-state index contributed by atoms with van der Waals surface area (Å²) in [5, 5.41) is 0.697. The van der Waals surface area contributed by atoms with Crippen LogP contribution < -0.4 is 0 Å². The van der Waals surface area contributed by atoms with Crippen LogP contribution in [0, 0.1) is 0 Å². The second-order valence-corrected chi connectivity index (χ2v) is 3.58. The van der Waals surface area contributed by atoms with Gasteiger partial charge in [0.25, 0.3) is 0 Å². The first kappa shape index (κ1) is 11.3. The molecule has 0 saturated carbocycles. The van der Waals surface area contributed by atoms with Gasteiger partial charge in [0.15, 0.2) is 5.78 Å². The predicted octanol–water partition coefficient (Wildman–Crippen LogP) is 3.59. The van der Waals surface area contributed by atoms with Crippen LogP contribution >= 0.6 is 23.2 Å². The van der Waals surface area contributed by atoms with E-state index in [1.54, 1.807) is 0 Å². The van der Waals surface area contributed by atoms with Crippen LogP contribution in [0.4, 0.5) is 0 Å². The van der Waals surface area contributed by atoms with Crippen LogP contribution in [0.1, 0.15) is 12.0 Å². The summed E-state index contributed by atoms with van der Waals surface area (Å²) in [5.74, 6) is 0.0278. The van der Waals surface area contributed by atoms with Gasteiger partial charge in [0, 0.05) is 17.0 Å². The standard InChI is InChI=1S/C11H10Cl2O/c12-7-6-11(14)5-4-9-2-1-3-10(13)8-9/h1-3,6-8H,4-5H2/b7-6+. The van der Waals surface area contributed by atoms with Crippen LogP contribution in [0.25, 0.3) is 0 Å². The average Bonchev–Trinajstić information content (AvgIpc) is 2.15. The van der Waals surface area contributed by atoms with Gasteiger partial charge in [-0.05, 0) is 30.2 Å². The van der Waals surface area contributed by atoms with Crippen LogP contribution in [0.2, 0.25) is 5.02 Å². The quantitative estimate of drug-likeness (QED) is 0.721. The third-order valence-electron chi connectivity index (χ3n) is 1.80. The van der Waals surface area contributed by atoms with E-state index >= 15 is 0 Å². The Morgan fingerprint density at radius 2 is 2.21 bits per heavy atom. The summed E-state index contributed by atoms with van der Waals surface area (Å²) in [4.78, 5) is 11.1. The molecule has 1 aromatic rings. The fourth-order valence-corrected chi connectivity index (χ4v) is 1.47. The largest absolute Gasteiger partial charge is 0.295 e. The van der Waals surface area contributed by atoms with Crippen LogP contribution in [-0.4, -0.2) is 5.78 Å². The number of benzene rings is 1. The molecule has 0 heterocycles. The van der Waals surface area contributed by atoms with Crippen molar-refractivity contribution in [1.82, 2.24) is 0 Å². The van der Waals surface area contributed by atoms with Gasteiger partial charge in [-0.1, -0.05) is 35.3 Å². The molecule has 0 bridgehead atoms. The monoisotopic (exact) mass is 228 g/mol. The fraction of sp³-hybridized carbons (Fsp3) is 0.182. The molecule has 0 saturated heterocycles. The number of aryl methyl sites for hydroxylation is 1. The summed E-state index contributed by atoms with van der Waals surface area (Å²) in [6.07, 6.45) is 2.52. The molecule has 1 nitrogen and oxygen atoms in total. The minimum absolute atomic E-state index is 0.0278. The maximum absolute atomic E-state index is 11.1. The van der Waals surface area contributed by atoms with Crippen LogP contribution in [-0.2, 0) is 11.2 Å². The van der Waals surface area contributed by atoms with Gasteiger partial charge in [0.05, 0.1) is 0 Å². The Labute approximate surface area is 93.3 Å². The zero-order valence-corrected chi connectivity index (χ0v) is 9.05. The lowest BCUT2D eigenvalue weighted by Crippen LogP contribution is -1.95. The zero-order chi connectivity index (χ0) is 10.4. The second kappa shape index (κ2) is 5.84. The zero-order valence-electron chi connectivity index (χ0n) is 7.54. The maximum Gasteiger partial charge on any atom is 0.156 e. The topological polar surface area (TPSA) is 17.1 Å². The highest BCUT2D eigenvalue weighted by molar-refractivity contribution is 6.30. The first-order valence-corrected chi connectivity index (χ1v) is 5.08. The van der Waals surface area contributed by atoms with Crippen molar-refractivity contribution in [3.8, 4) is 0 Å². The van der Waals surface area contributed by atoms with Crippen molar-refractivity contribution in [2.45, 2.75) is 12.8 Å². The SMILES string of the molecule is O=C(/C=C/Cl)CCc1cccc(Cl)c1. The molecular formula is C11H10Cl2O. The Kier molecular flexibility index (Phi) is 4.71. The van der Waals surface area contributed by atoms with Crippen LogP contribution in [0.15, 0.2) is 35.9 Å². The van der Waals surface area contributed by atoms with Gasteiger partial charge >= 0.3 is 0 Å². The first-order chi connectivity index (χ1) is 6.72. The van der Waals surface area contributed by atoms with Crippen LogP contribution in [0.5, 0.6) is 0 Å². The van der Waals surface area contributed by atoms with E-state index in [9.17, 15) is 4.79 Å². The summed E-state index contributed by atoms with van der Waals surface area (Å²) >= 11 is 11.1. The van der Waals surface area contributed by atoms with Gasteiger partial charge in [0.2, 0.25) is 0 Å². The van der Waals surface area contributed by atoms with E-state index in [-0.39, 0.29) is 5.78 Å². The van der Waals surface area contributed by atoms with Crippen molar-refractivity contribution in [3.05, 3.63) is 46.5 Å². The number of allylic oxidation sites excluding steroid dienone is 1. The number of rotatable bonds is 4. The Morgan fingerprint density at radius 1 is 1.43 bits per heavy atom. The Bertz CT molecular complexity index is 345. The van der Waals surface area contributed by atoms with Gasteiger partial charge < -0.3 is 0 Å². The number of halogens is 2. The molecular weight excluding hydrogens is 219 g/mol. The summed E-state index contributed by atoms with van der Waals surface area (Å²) in [6.45, 7) is 0. The Hall–Kier alpha value is -0.790. The molecule has 0 aliphatic heterocycles. The molecule has 0 atom stereocenters. The third-order valence-corrected chi connectivity index (χ3v) is 2.16. The van der Waals surface area contributed by atoms with E-state index in [4.69, 9.17) is 23.2 Å². The van der Waals surface area contributed by atoms with E-state index in [0.717, 1.165) is 5.56 Å². The number of carbonyl (C=O) groups is 1. The summed E-state index contributed by atoms with van der Waals surface area (Å²) in [5.41, 5.74) is 2.30. The lowest BCUT2D eigenvalue weighted by molar-refractivity contribution is -0.114. The number of hydrogen-bond acceptors (Lipinski definition) is 1. The van der Waals surface area contributed by atoms with E-state index in [1.807, 2.05) is 24.3 Å². The van der Waals surface area contributed by atoms with E-state index in [2.05, 4.69) is 0 Å². The van der Waals surface area contributed by atoms with E-state index in [0.29, 0.717) is 17.9 Å². The molecule has 0 spiro atoms. The normalized spacial score (nSPS) is 10.7. The minimum atomic E-state index is 0.0278. The number of ketones is 1. The van der Waals surface area contributed by atoms with Crippen LogP contribution in [0.3, 0.4) is 0 Å². The molecule has 0 radical (unpaired) electrons. The second-order valence-electron chi connectivity index (χ2n) is 2.89. The molecule has 0 N–H and O–H groups in total. The fourth-order valence-electron chi connectivity index (χ4n) is 1.11. The van der Waals surface area contributed by atoms with E-state index < -0.39 is 0 Å². The van der Waals surface area contributed by atoms with Crippen molar-refractivity contribution in [1.29, 1.82) is 0 Å². The molecule has 0 unspecified atom stereocenters. The molecule has 0 fully saturated rings. The van der Waals surface area contributed by atoms with Crippen molar-refractivity contribution in [2.75, 3.05) is 0 Å². The Balaban J connectivity index is 2.49. The van der Waals surface area contributed by atoms with Crippen molar-refractivity contribution >= 4 is 29.0 Å². The van der Waals surface area contributed by atoms with Gasteiger partial charge in [-0.3, -0.25) is 4.79 Å². The Morgan fingerprint density at radius 3 is 2.86 bits per heavy atom. The molecule has 3 heteroatoms. The van der Waals surface area contributed by atoms with Crippen molar-refractivity contribution < 1.29 is 4.79 Å². The summed E-state index contributed by atoms with van der Waals surface area (Å²) in [7, 11) is 0. The highest BCUT2D eigenvalue weighted by Crippen LogP contribution is 2.12. The average molecular weight is 229 g/mol. The highest BCUT2D eigenvalue weighted by Gasteiger charge is 1.98. The smallest absolute Gasteiger partial charge is 0.156 e. The molecule has 0 aliphatic rings. The van der Waals surface area contributed by atoms with Gasteiger partial charge in [-0.15, -0.1) is 0 Å². The predicted molar refractivity (Wildman–Crippen MR) is 59.8 cm³/mol. The number of carbonyl (C=O) groups excluding carboxylic acids is 1. The summed E-state index contributed by atoms with van der Waals surface area (Å²) in [6, 6.07) is 7.49. The van der Waals surface area contributed by atoms with Crippen molar-refractivity contribution in [3.63, 3.8) is 0 Å².